The Balaban J connectivity index is 0.000000114. The molecule has 4 aliphatic rings. The van der Waals surface area contributed by atoms with E-state index in [2.05, 4.69) is 59.4 Å². The van der Waals surface area contributed by atoms with Gasteiger partial charge in [0.25, 0.3) is 0 Å². The molecule has 8 heterocycles. The summed E-state index contributed by atoms with van der Waals surface area (Å²) in [4.78, 5) is 20.3. The number of nitrogens with zero attached hydrogens (tertiary/aromatic N) is 7. The summed E-state index contributed by atoms with van der Waals surface area (Å²) in [5, 5.41) is 3.28. The van der Waals surface area contributed by atoms with Crippen molar-refractivity contribution in [3.8, 4) is 0 Å². The van der Waals surface area contributed by atoms with Crippen LogP contribution < -0.4 is 10.2 Å². The van der Waals surface area contributed by atoms with Crippen LogP contribution in [0.1, 0.15) is 25.7 Å². The molecular weight excluding hydrogens is 664 g/mol. The van der Waals surface area contributed by atoms with Crippen LogP contribution in [0.2, 0.25) is 0 Å². The number of nitrogens with one attached hydrogen (secondary N) is 1. The van der Waals surface area contributed by atoms with Crippen LogP contribution in [-0.2, 0) is 18.9 Å². The van der Waals surface area contributed by atoms with Crippen LogP contribution in [0.5, 0.6) is 0 Å². The number of imidazole rings is 2. The van der Waals surface area contributed by atoms with Gasteiger partial charge in [-0.2, -0.15) is 4.98 Å². The summed E-state index contributed by atoms with van der Waals surface area (Å²) in [7, 11) is 0. The van der Waals surface area contributed by atoms with Crippen LogP contribution >= 0.6 is 15.9 Å². The minimum atomic E-state index is -0.345. The van der Waals surface area contributed by atoms with Crippen molar-refractivity contribution in [3.63, 3.8) is 0 Å². The fourth-order valence-electron chi connectivity index (χ4n) is 6.70. The summed E-state index contributed by atoms with van der Waals surface area (Å²) in [5.74, 6) is 1.91. The number of anilines is 1. The van der Waals surface area contributed by atoms with E-state index in [9.17, 15) is 0 Å². The summed E-state index contributed by atoms with van der Waals surface area (Å²) in [6.07, 6.45) is 7.80. The zero-order chi connectivity index (χ0) is 31.7. The Labute approximate surface area is 280 Å². The van der Waals surface area contributed by atoms with Gasteiger partial charge in [-0.1, -0.05) is 24.3 Å². The topological polar surface area (TPSA) is 113 Å². The summed E-state index contributed by atoms with van der Waals surface area (Å²) in [6.45, 7) is 6.82. The summed E-state index contributed by atoms with van der Waals surface area (Å²) in [5.41, 5.74) is 4.12. The van der Waals surface area contributed by atoms with Gasteiger partial charge in [0.2, 0.25) is 11.6 Å². The lowest BCUT2D eigenvalue weighted by Crippen LogP contribution is -2.45. The second-order valence-electron chi connectivity index (χ2n) is 12.0. The van der Waals surface area contributed by atoms with Crippen LogP contribution in [0, 0.1) is 0 Å². The molecule has 4 saturated heterocycles. The number of halogens is 1. The Morgan fingerprint density at radius 2 is 1.11 bits per heavy atom. The third-order valence-electron chi connectivity index (χ3n) is 9.15. The number of aromatic nitrogens is 6. The number of piperidine rings is 2. The van der Waals surface area contributed by atoms with E-state index >= 15 is 0 Å². The number of benzene rings is 2. The first-order valence-electron chi connectivity index (χ1n) is 16.2. The fourth-order valence-corrected chi connectivity index (χ4v) is 6.97. The number of para-hydroxylation sites is 4. The first kappa shape index (κ1) is 30.6. The van der Waals surface area contributed by atoms with Gasteiger partial charge in [0, 0.05) is 64.3 Å². The maximum absolute atomic E-state index is 5.79. The molecule has 2 aromatic carbocycles. The van der Waals surface area contributed by atoms with Crippen molar-refractivity contribution in [3.05, 3.63) is 77.7 Å². The molecule has 47 heavy (non-hydrogen) atoms. The summed E-state index contributed by atoms with van der Waals surface area (Å²) >= 11 is 3.33. The van der Waals surface area contributed by atoms with Crippen molar-refractivity contribution in [1.82, 2.24) is 34.1 Å². The molecule has 12 nitrogen and oxygen atoms in total. The van der Waals surface area contributed by atoms with Crippen LogP contribution in [0.15, 0.2) is 77.7 Å². The fraction of sp³-hybridized carbons (Fsp3) is 0.412. The summed E-state index contributed by atoms with van der Waals surface area (Å²) in [6, 6.07) is 20.1. The van der Waals surface area contributed by atoms with E-state index in [0.717, 1.165) is 109 Å². The van der Waals surface area contributed by atoms with Crippen molar-refractivity contribution in [2.24, 2.45) is 0 Å². The molecule has 0 unspecified atom stereocenters. The summed E-state index contributed by atoms with van der Waals surface area (Å²) < 4.78 is 27.4. The first-order valence-corrected chi connectivity index (χ1v) is 17.0. The van der Waals surface area contributed by atoms with Gasteiger partial charge in [0.05, 0.1) is 48.5 Å². The van der Waals surface area contributed by atoms with E-state index in [1.807, 2.05) is 63.5 Å². The molecule has 0 bridgehead atoms. The molecule has 0 radical (unpaired) electrons. The number of ether oxygens (including phenoxy) is 4. The molecule has 244 valence electrons. The molecular formula is C34H37BrN8O4. The Kier molecular flexibility index (Phi) is 8.50. The van der Waals surface area contributed by atoms with Gasteiger partial charge in [-0.3, -0.25) is 8.80 Å². The number of hydrogen-bond acceptors (Lipinski definition) is 10. The van der Waals surface area contributed by atoms with E-state index in [0.29, 0.717) is 13.2 Å². The van der Waals surface area contributed by atoms with Crippen LogP contribution in [0.3, 0.4) is 0 Å². The largest absolute Gasteiger partial charge is 0.356 e. The Morgan fingerprint density at radius 1 is 0.596 bits per heavy atom. The second-order valence-corrected chi connectivity index (χ2v) is 12.8. The highest BCUT2D eigenvalue weighted by molar-refractivity contribution is 9.10. The first-order chi connectivity index (χ1) is 23.1. The smallest absolute Gasteiger partial charge is 0.236 e. The Hall–Kier alpha value is -3.72. The van der Waals surface area contributed by atoms with Gasteiger partial charge >= 0.3 is 0 Å². The average molecular weight is 702 g/mol. The third-order valence-corrected chi connectivity index (χ3v) is 9.59. The van der Waals surface area contributed by atoms with Crippen molar-refractivity contribution in [1.29, 1.82) is 0 Å². The van der Waals surface area contributed by atoms with E-state index < -0.39 is 0 Å². The lowest BCUT2D eigenvalue weighted by molar-refractivity contribution is -0.172. The van der Waals surface area contributed by atoms with Crippen LogP contribution in [0.4, 0.5) is 5.82 Å². The molecule has 0 aliphatic carbocycles. The number of rotatable bonds is 1. The molecule has 1 N–H and O–H groups in total. The van der Waals surface area contributed by atoms with Crippen LogP contribution in [0.25, 0.3) is 33.6 Å². The maximum atomic E-state index is 5.79. The van der Waals surface area contributed by atoms with Gasteiger partial charge in [0.1, 0.15) is 10.4 Å². The van der Waals surface area contributed by atoms with Gasteiger partial charge in [-0.05, 0) is 52.3 Å². The van der Waals surface area contributed by atoms with Gasteiger partial charge in [-0.15, -0.1) is 0 Å². The lowest BCUT2D eigenvalue weighted by Gasteiger charge is -2.38. The second kappa shape index (κ2) is 13.1. The quantitative estimate of drug-likeness (QED) is 0.236. The Morgan fingerprint density at radius 3 is 1.70 bits per heavy atom. The number of fused-ring (bicyclic) bond motifs is 6. The zero-order valence-corrected chi connectivity index (χ0v) is 27.6. The van der Waals surface area contributed by atoms with E-state index in [-0.39, 0.29) is 11.6 Å². The highest BCUT2D eigenvalue weighted by atomic mass is 79.9. The standard InChI is InChI=1S/C17H18N4O2.C10H6BrN3.C7H13NO2/c1-2-4-14-13(3-1)18-16-19-15(5-8-21(14)16)20-9-6-17(7-10-20)22-11-12-23-17;11-9-5-6-14-8-4-2-1-3-7(8)12-10(14)13-9;1-3-8-4-2-7(1)9-5-6-10-7/h1-5,8H,6-7,9-12H2;1-6H;8H,1-6H2. The molecule has 0 saturated carbocycles. The third kappa shape index (κ3) is 6.31. The highest BCUT2D eigenvalue weighted by Crippen LogP contribution is 2.33. The molecule has 10 rings (SSSR count). The maximum Gasteiger partial charge on any atom is 0.236 e. The molecule has 4 aliphatic heterocycles. The zero-order valence-electron chi connectivity index (χ0n) is 26.1. The van der Waals surface area contributed by atoms with Gasteiger partial charge in [-0.25, -0.2) is 15.0 Å². The normalized spacial score (nSPS) is 20.1. The van der Waals surface area contributed by atoms with E-state index in [1.54, 1.807) is 0 Å². The van der Waals surface area contributed by atoms with E-state index in [4.69, 9.17) is 23.9 Å². The molecule has 0 amide bonds. The molecule has 4 fully saturated rings. The average Bonchev–Trinajstić information content (AvgIpc) is 3.91. The SMILES string of the molecule is Brc1ccn2c(n1)nc1ccccc12.C1CC2(CCN1)OCCO2.c1ccc2c(c1)nc1nc(N3CCC4(CC3)OCCO4)ccn12. The van der Waals surface area contributed by atoms with Crippen molar-refractivity contribution >= 4 is 55.4 Å². The predicted molar refractivity (Wildman–Crippen MR) is 182 cm³/mol. The minimum Gasteiger partial charge on any atom is -0.356 e. The van der Waals surface area contributed by atoms with Crippen LogP contribution in [-0.4, -0.2) is 92.9 Å². The Bertz CT molecular complexity index is 1980. The monoisotopic (exact) mass is 700 g/mol. The molecule has 6 aromatic rings. The van der Waals surface area contributed by atoms with E-state index in [1.165, 1.54) is 0 Å². The minimum absolute atomic E-state index is 0.189. The van der Waals surface area contributed by atoms with Gasteiger partial charge in [0.15, 0.2) is 11.6 Å². The molecule has 2 spiro atoms. The molecule has 4 aromatic heterocycles. The predicted octanol–water partition coefficient (Wildman–Crippen LogP) is 4.98. The lowest BCUT2D eigenvalue weighted by atomic mass is 10.0. The van der Waals surface area contributed by atoms with Crippen molar-refractivity contribution in [2.75, 3.05) is 57.5 Å². The number of hydrogen-bond donors (Lipinski definition) is 1. The highest BCUT2D eigenvalue weighted by Gasteiger charge is 2.40. The van der Waals surface area contributed by atoms with Crippen molar-refractivity contribution < 1.29 is 18.9 Å². The molecule has 13 heteroatoms. The van der Waals surface area contributed by atoms with Gasteiger partial charge < -0.3 is 29.2 Å². The van der Waals surface area contributed by atoms with Crippen molar-refractivity contribution in [2.45, 2.75) is 37.3 Å². The molecule has 0 atom stereocenters.